The van der Waals surface area contributed by atoms with Crippen molar-refractivity contribution < 1.29 is 14.6 Å². The van der Waals surface area contributed by atoms with Crippen LogP contribution < -0.4 is 5.32 Å². The van der Waals surface area contributed by atoms with Crippen LogP contribution in [0.4, 0.5) is 4.79 Å². The first-order chi connectivity index (χ1) is 8.29. The molecule has 1 aromatic carbocycles. The number of rotatable bonds is 3. The Balaban J connectivity index is 2.55. The average Bonchev–Trinajstić information content (AvgIpc) is 2.26. The number of nitrogens with one attached hydrogen (secondary N) is 1. The van der Waals surface area contributed by atoms with Crippen molar-refractivity contribution in [3.8, 4) is 0 Å². The van der Waals surface area contributed by atoms with E-state index in [0.29, 0.717) is 0 Å². The number of hydrogen-bond donors (Lipinski definition) is 2. The molecule has 2 atom stereocenters. The molecule has 1 aromatic rings. The van der Waals surface area contributed by atoms with Crippen LogP contribution in [0.2, 0.25) is 0 Å². The molecule has 1 unspecified atom stereocenters. The van der Waals surface area contributed by atoms with Crippen LogP contribution in [0.1, 0.15) is 39.4 Å². The molecule has 1 amide bonds. The first-order valence-corrected chi connectivity index (χ1v) is 6.02. The van der Waals surface area contributed by atoms with Gasteiger partial charge in [-0.1, -0.05) is 30.3 Å². The SMILES string of the molecule is CC(NC(=O)OC(C)(C)C)[C@H](O)c1ccccc1. The molecule has 0 fully saturated rings. The fraction of sp³-hybridized carbons (Fsp3) is 0.500. The average molecular weight is 251 g/mol. The number of hydrogen-bond acceptors (Lipinski definition) is 3. The van der Waals surface area contributed by atoms with E-state index in [2.05, 4.69) is 5.32 Å². The molecule has 100 valence electrons. The Kier molecular flexibility index (Phi) is 4.73. The van der Waals surface area contributed by atoms with Gasteiger partial charge in [0.15, 0.2) is 0 Å². The molecule has 0 aromatic heterocycles. The van der Waals surface area contributed by atoms with E-state index < -0.39 is 23.8 Å². The van der Waals surface area contributed by atoms with E-state index in [-0.39, 0.29) is 0 Å². The molecule has 1 rings (SSSR count). The quantitative estimate of drug-likeness (QED) is 0.868. The number of benzene rings is 1. The molecule has 0 bridgehead atoms. The number of alkyl carbamates (subject to hydrolysis) is 1. The Hall–Kier alpha value is -1.55. The summed E-state index contributed by atoms with van der Waals surface area (Å²) in [5.41, 5.74) is 0.225. The van der Waals surface area contributed by atoms with Gasteiger partial charge >= 0.3 is 6.09 Å². The van der Waals surface area contributed by atoms with E-state index >= 15 is 0 Å². The predicted octanol–water partition coefficient (Wildman–Crippen LogP) is 2.63. The molecule has 0 aliphatic rings. The maximum atomic E-state index is 11.6. The van der Waals surface area contributed by atoms with Crippen molar-refractivity contribution in [1.29, 1.82) is 0 Å². The van der Waals surface area contributed by atoms with Crippen molar-refractivity contribution in [2.45, 2.75) is 45.4 Å². The maximum absolute atomic E-state index is 11.6. The topological polar surface area (TPSA) is 58.6 Å². The molecule has 18 heavy (non-hydrogen) atoms. The van der Waals surface area contributed by atoms with Gasteiger partial charge in [-0.15, -0.1) is 0 Å². The lowest BCUT2D eigenvalue weighted by Gasteiger charge is -2.24. The van der Waals surface area contributed by atoms with E-state index in [9.17, 15) is 9.90 Å². The van der Waals surface area contributed by atoms with Crippen LogP contribution in [0.3, 0.4) is 0 Å². The summed E-state index contributed by atoms with van der Waals surface area (Å²) in [5.74, 6) is 0. The molecule has 2 N–H and O–H groups in total. The van der Waals surface area contributed by atoms with Gasteiger partial charge in [-0.3, -0.25) is 0 Å². The van der Waals surface area contributed by atoms with Gasteiger partial charge in [0, 0.05) is 0 Å². The van der Waals surface area contributed by atoms with Crippen molar-refractivity contribution in [3.05, 3.63) is 35.9 Å². The molecule has 4 heteroatoms. The van der Waals surface area contributed by atoms with Crippen LogP contribution in [0.5, 0.6) is 0 Å². The Morgan fingerprint density at radius 1 is 1.28 bits per heavy atom. The molecule has 0 radical (unpaired) electrons. The molecule has 0 spiro atoms. The van der Waals surface area contributed by atoms with Gasteiger partial charge in [-0.2, -0.15) is 0 Å². The normalized spacial score (nSPS) is 14.7. The second-order valence-corrected chi connectivity index (χ2v) is 5.29. The van der Waals surface area contributed by atoms with Crippen molar-refractivity contribution in [2.75, 3.05) is 0 Å². The van der Waals surface area contributed by atoms with E-state index in [1.54, 1.807) is 27.7 Å². The maximum Gasteiger partial charge on any atom is 0.407 e. The zero-order valence-corrected chi connectivity index (χ0v) is 11.3. The third-order valence-electron chi connectivity index (χ3n) is 2.36. The predicted molar refractivity (Wildman–Crippen MR) is 70.2 cm³/mol. The standard InChI is InChI=1S/C14H21NO3/c1-10(15-13(17)18-14(2,3)4)12(16)11-8-6-5-7-9-11/h5-10,12,16H,1-4H3,(H,15,17)/t10?,12-/m0/s1. The first kappa shape index (κ1) is 14.5. The summed E-state index contributed by atoms with van der Waals surface area (Å²) in [4.78, 5) is 11.6. The molecular formula is C14H21NO3. The minimum Gasteiger partial charge on any atom is -0.444 e. The third-order valence-corrected chi connectivity index (χ3v) is 2.36. The lowest BCUT2D eigenvalue weighted by atomic mass is 10.0. The summed E-state index contributed by atoms with van der Waals surface area (Å²) in [5, 5.41) is 12.7. The highest BCUT2D eigenvalue weighted by atomic mass is 16.6. The summed E-state index contributed by atoms with van der Waals surface area (Å²) in [6, 6.07) is 8.79. The van der Waals surface area contributed by atoms with Gasteiger partial charge in [0.1, 0.15) is 5.60 Å². The highest BCUT2D eigenvalue weighted by Gasteiger charge is 2.22. The zero-order chi connectivity index (χ0) is 13.8. The fourth-order valence-electron chi connectivity index (χ4n) is 1.51. The molecule has 0 saturated carbocycles. The highest BCUT2D eigenvalue weighted by Crippen LogP contribution is 2.16. The number of carbonyl (C=O) groups is 1. The molecular weight excluding hydrogens is 230 g/mol. The molecule has 0 saturated heterocycles. The summed E-state index contributed by atoms with van der Waals surface area (Å²) in [6.07, 6.45) is -1.27. The van der Waals surface area contributed by atoms with Crippen LogP contribution in [0, 0.1) is 0 Å². The van der Waals surface area contributed by atoms with Gasteiger partial charge in [0.2, 0.25) is 0 Å². The fourth-order valence-corrected chi connectivity index (χ4v) is 1.51. The summed E-state index contributed by atoms with van der Waals surface area (Å²) >= 11 is 0. The molecule has 0 aliphatic carbocycles. The molecule has 0 aliphatic heterocycles. The highest BCUT2D eigenvalue weighted by molar-refractivity contribution is 5.68. The van der Waals surface area contributed by atoms with Crippen LogP contribution in [-0.2, 0) is 4.74 Å². The largest absolute Gasteiger partial charge is 0.444 e. The summed E-state index contributed by atoms with van der Waals surface area (Å²) in [6.45, 7) is 7.13. The number of carbonyl (C=O) groups excluding carboxylic acids is 1. The molecule has 0 heterocycles. The minimum atomic E-state index is -0.751. The van der Waals surface area contributed by atoms with Gasteiger partial charge in [0.05, 0.1) is 12.1 Å². The lowest BCUT2D eigenvalue weighted by Crippen LogP contribution is -2.40. The zero-order valence-electron chi connectivity index (χ0n) is 11.3. The first-order valence-electron chi connectivity index (χ1n) is 6.02. The second-order valence-electron chi connectivity index (χ2n) is 5.29. The van der Waals surface area contributed by atoms with E-state index in [1.807, 2.05) is 30.3 Å². The van der Waals surface area contributed by atoms with Crippen molar-refractivity contribution in [1.82, 2.24) is 5.32 Å². The molecule has 4 nitrogen and oxygen atoms in total. The summed E-state index contributed by atoms with van der Waals surface area (Å²) in [7, 11) is 0. The Morgan fingerprint density at radius 2 is 1.83 bits per heavy atom. The van der Waals surface area contributed by atoms with E-state index in [4.69, 9.17) is 4.74 Å². The van der Waals surface area contributed by atoms with Crippen LogP contribution in [0.15, 0.2) is 30.3 Å². The van der Waals surface area contributed by atoms with E-state index in [0.717, 1.165) is 5.56 Å². The van der Waals surface area contributed by atoms with Gasteiger partial charge in [0.25, 0.3) is 0 Å². The van der Waals surface area contributed by atoms with Gasteiger partial charge in [-0.25, -0.2) is 4.79 Å². The Labute approximate surface area is 108 Å². The monoisotopic (exact) mass is 251 g/mol. The van der Waals surface area contributed by atoms with Crippen molar-refractivity contribution >= 4 is 6.09 Å². The number of aliphatic hydroxyl groups excluding tert-OH is 1. The van der Waals surface area contributed by atoms with Crippen LogP contribution in [-0.4, -0.2) is 22.8 Å². The summed E-state index contributed by atoms with van der Waals surface area (Å²) < 4.78 is 5.13. The minimum absolute atomic E-state index is 0.415. The number of amides is 1. The smallest absolute Gasteiger partial charge is 0.407 e. The Bertz CT molecular complexity index is 384. The number of aliphatic hydroxyl groups is 1. The van der Waals surface area contributed by atoms with Gasteiger partial charge < -0.3 is 15.2 Å². The van der Waals surface area contributed by atoms with Crippen LogP contribution >= 0.6 is 0 Å². The second kappa shape index (κ2) is 5.87. The Morgan fingerprint density at radius 3 is 2.33 bits per heavy atom. The van der Waals surface area contributed by atoms with E-state index in [1.165, 1.54) is 0 Å². The van der Waals surface area contributed by atoms with Crippen LogP contribution in [0.25, 0.3) is 0 Å². The van der Waals surface area contributed by atoms with Gasteiger partial charge in [-0.05, 0) is 33.3 Å². The van der Waals surface area contributed by atoms with Crippen molar-refractivity contribution in [2.24, 2.45) is 0 Å². The third kappa shape index (κ3) is 4.75. The van der Waals surface area contributed by atoms with Crippen molar-refractivity contribution in [3.63, 3.8) is 0 Å². The number of ether oxygens (including phenoxy) is 1. The lowest BCUT2D eigenvalue weighted by molar-refractivity contribution is 0.0436.